The number of hydrogen-bond acceptors (Lipinski definition) is 6. The van der Waals surface area contributed by atoms with Crippen LogP contribution in [0.25, 0.3) is 0 Å². The maximum atomic E-state index is 12.1. The van der Waals surface area contributed by atoms with E-state index in [1.54, 1.807) is 24.3 Å². The van der Waals surface area contributed by atoms with E-state index < -0.39 is 5.97 Å². The van der Waals surface area contributed by atoms with Crippen molar-refractivity contribution in [2.75, 3.05) is 33.4 Å². The molecular formula is C12H18N2O4S. The second-order valence-electron chi connectivity index (χ2n) is 3.64. The molecule has 0 aromatic carbocycles. The molecule has 106 valence electrons. The Kier molecular flexibility index (Phi) is 6.44. The van der Waals surface area contributed by atoms with Crippen LogP contribution in [0.2, 0.25) is 0 Å². The van der Waals surface area contributed by atoms with Gasteiger partial charge in [-0.05, 0) is 13.8 Å². The van der Waals surface area contributed by atoms with Gasteiger partial charge in [0, 0.05) is 25.6 Å². The number of ether oxygens (including phenoxy) is 2. The highest BCUT2D eigenvalue weighted by Gasteiger charge is 2.20. The lowest BCUT2D eigenvalue weighted by molar-refractivity contribution is 0.0525. The molecule has 0 saturated carbocycles. The molecular weight excluding hydrogens is 268 g/mol. The molecule has 0 aliphatic carbocycles. The summed E-state index contributed by atoms with van der Waals surface area (Å²) in [6.45, 7) is 5.42. The number of thiazole rings is 1. The Bertz CT molecular complexity index is 433. The predicted octanol–water partition coefficient (Wildman–Crippen LogP) is 1.43. The van der Waals surface area contributed by atoms with Gasteiger partial charge < -0.3 is 14.4 Å². The lowest BCUT2D eigenvalue weighted by Gasteiger charge is -2.18. The summed E-state index contributed by atoms with van der Waals surface area (Å²) in [4.78, 5) is 29.2. The van der Waals surface area contributed by atoms with Crippen molar-refractivity contribution in [3.63, 3.8) is 0 Å². The second-order valence-corrected chi connectivity index (χ2v) is 4.49. The first-order chi connectivity index (χ1) is 9.13. The molecule has 0 radical (unpaired) electrons. The minimum absolute atomic E-state index is 0.202. The van der Waals surface area contributed by atoms with Crippen LogP contribution in [0, 0.1) is 0 Å². The van der Waals surface area contributed by atoms with Gasteiger partial charge in [0.1, 0.15) is 5.69 Å². The fourth-order valence-corrected chi connectivity index (χ4v) is 2.11. The minimum atomic E-state index is -0.494. The Morgan fingerprint density at radius 2 is 2.16 bits per heavy atom. The molecule has 0 N–H and O–H groups in total. The van der Waals surface area contributed by atoms with Crippen LogP contribution in [0.1, 0.15) is 34.1 Å². The van der Waals surface area contributed by atoms with Crippen LogP contribution >= 0.6 is 11.3 Å². The zero-order valence-electron chi connectivity index (χ0n) is 11.3. The molecule has 0 fully saturated rings. The van der Waals surface area contributed by atoms with Crippen LogP contribution in [0.15, 0.2) is 5.38 Å². The van der Waals surface area contributed by atoms with E-state index in [0.717, 1.165) is 11.3 Å². The van der Waals surface area contributed by atoms with Gasteiger partial charge in [-0.3, -0.25) is 4.79 Å². The Balaban J connectivity index is 2.73. The Morgan fingerprint density at radius 3 is 2.74 bits per heavy atom. The first kappa shape index (κ1) is 15.6. The number of nitrogens with zero attached hydrogens (tertiary/aromatic N) is 2. The number of carbonyl (C=O) groups is 2. The molecule has 1 aromatic rings. The zero-order chi connectivity index (χ0) is 14.3. The molecule has 0 saturated heterocycles. The van der Waals surface area contributed by atoms with Gasteiger partial charge >= 0.3 is 5.97 Å². The van der Waals surface area contributed by atoms with Crippen LogP contribution in [0.5, 0.6) is 0 Å². The predicted molar refractivity (Wildman–Crippen MR) is 71.5 cm³/mol. The van der Waals surface area contributed by atoms with Crippen LogP contribution in [0.3, 0.4) is 0 Å². The molecule has 1 amide bonds. The molecule has 0 aliphatic rings. The van der Waals surface area contributed by atoms with Crippen LogP contribution in [-0.4, -0.2) is 55.2 Å². The Hall–Kier alpha value is -1.47. The van der Waals surface area contributed by atoms with E-state index in [9.17, 15) is 9.59 Å². The van der Waals surface area contributed by atoms with E-state index in [0.29, 0.717) is 19.7 Å². The summed E-state index contributed by atoms with van der Waals surface area (Å²) < 4.78 is 9.79. The van der Waals surface area contributed by atoms with Crippen LogP contribution in [-0.2, 0) is 9.47 Å². The first-order valence-corrected chi connectivity index (χ1v) is 6.92. The number of amides is 1. The van der Waals surface area contributed by atoms with Crippen molar-refractivity contribution in [2.45, 2.75) is 13.8 Å². The third-order valence-corrected chi connectivity index (χ3v) is 3.23. The van der Waals surface area contributed by atoms with E-state index in [1.807, 2.05) is 6.92 Å². The fourth-order valence-electron chi connectivity index (χ4n) is 1.43. The highest BCUT2D eigenvalue weighted by molar-refractivity contribution is 7.11. The van der Waals surface area contributed by atoms with Gasteiger partial charge in [0.15, 0.2) is 0 Å². The molecule has 0 unspecified atom stereocenters. The molecule has 6 nitrogen and oxygen atoms in total. The number of methoxy groups -OCH3 is 1. The molecule has 0 bridgehead atoms. The minimum Gasteiger partial charge on any atom is -0.461 e. The normalized spacial score (nSPS) is 10.3. The monoisotopic (exact) mass is 286 g/mol. The molecule has 1 aromatic heterocycles. The van der Waals surface area contributed by atoms with E-state index in [2.05, 4.69) is 4.98 Å². The molecule has 19 heavy (non-hydrogen) atoms. The standard InChI is InChI=1S/C12H18N2O4S/c1-4-14(6-7-17-3)11(15)9-8-19-10(13-9)12(16)18-5-2/h8H,4-7H2,1-3H3. The topological polar surface area (TPSA) is 68.7 Å². The summed E-state index contributed by atoms with van der Waals surface area (Å²) in [6, 6.07) is 0. The van der Waals surface area contributed by atoms with Crippen LogP contribution < -0.4 is 0 Å². The van der Waals surface area contributed by atoms with Crippen molar-refractivity contribution < 1.29 is 19.1 Å². The van der Waals surface area contributed by atoms with Crippen molar-refractivity contribution in [1.82, 2.24) is 9.88 Å². The number of esters is 1. The van der Waals surface area contributed by atoms with Crippen molar-refractivity contribution in [3.8, 4) is 0 Å². The Morgan fingerprint density at radius 1 is 1.42 bits per heavy atom. The van der Waals surface area contributed by atoms with Gasteiger partial charge in [-0.1, -0.05) is 0 Å². The van der Waals surface area contributed by atoms with E-state index in [1.165, 1.54) is 0 Å². The van der Waals surface area contributed by atoms with Gasteiger partial charge in [-0.25, -0.2) is 9.78 Å². The smallest absolute Gasteiger partial charge is 0.367 e. The summed E-state index contributed by atoms with van der Waals surface area (Å²) in [5, 5.41) is 1.78. The molecule has 1 heterocycles. The number of rotatable bonds is 7. The van der Waals surface area contributed by atoms with E-state index in [-0.39, 0.29) is 23.2 Å². The highest BCUT2D eigenvalue weighted by atomic mass is 32.1. The van der Waals surface area contributed by atoms with Gasteiger partial charge in [-0.2, -0.15) is 0 Å². The van der Waals surface area contributed by atoms with Gasteiger partial charge in [0.05, 0.1) is 13.2 Å². The van der Waals surface area contributed by atoms with Gasteiger partial charge in [-0.15, -0.1) is 11.3 Å². The second kappa shape index (κ2) is 7.85. The van der Waals surface area contributed by atoms with Gasteiger partial charge in [0.2, 0.25) is 5.01 Å². The van der Waals surface area contributed by atoms with E-state index >= 15 is 0 Å². The molecule has 1 rings (SSSR count). The number of likely N-dealkylation sites (N-methyl/N-ethyl adjacent to an activating group) is 1. The average Bonchev–Trinajstić information content (AvgIpc) is 2.89. The van der Waals surface area contributed by atoms with E-state index in [4.69, 9.17) is 9.47 Å². The molecule has 0 aliphatic heterocycles. The average molecular weight is 286 g/mol. The molecule has 0 atom stereocenters. The third kappa shape index (κ3) is 4.29. The van der Waals surface area contributed by atoms with Crippen LogP contribution in [0.4, 0.5) is 0 Å². The number of hydrogen-bond donors (Lipinski definition) is 0. The number of carbonyl (C=O) groups excluding carboxylic acids is 2. The largest absolute Gasteiger partial charge is 0.461 e. The Labute approximate surface area is 116 Å². The van der Waals surface area contributed by atoms with Crippen molar-refractivity contribution in [2.24, 2.45) is 0 Å². The lowest BCUT2D eigenvalue weighted by Crippen LogP contribution is -2.34. The SMILES string of the molecule is CCOC(=O)c1nc(C(=O)N(CC)CCOC)cs1. The van der Waals surface area contributed by atoms with Gasteiger partial charge in [0.25, 0.3) is 5.91 Å². The van der Waals surface area contributed by atoms with Crippen molar-refractivity contribution >= 4 is 23.2 Å². The first-order valence-electron chi connectivity index (χ1n) is 6.04. The highest BCUT2D eigenvalue weighted by Crippen LogP contribution is 2.13. The summed E-state index contributed by atoms with van der Waals surface area (Å²) in [5.74, 6) is -0.696. The third-order valence-electron chi connectivity index (χ3n) is 2.41. The zero-order valence-corrected chi connectivity index (χ0v) is 12.2. The summed E-state index contributed by atoms with van der Waals surface area (Å²) in [5.41, 5.74) is 0.269. The lowest BCUT2D eigenvalue weighted by atomic mass is 10.4. The maximum Gasteiger partial charge on any atom is 0.367 e. The quantitative estimate of drug-likeness (QED) is 0.709. The molecule has 7 heteroatoms. The van der Waals surface area contributed by atoms with Crippen molar-refractivity contribution in [1.29, 1.82) is 0 Å². The molecule has 0 spiro atoms. The summed E-state index contributed by atoms with van der Waals surface area (Å²) in [6.07, 6.45) is 0. The fraction of sp³-hybridized carbons (Fsp3) is 0.583. The summed E-state index contributed by atoms with van der Waals surface area (Å²) in [7, 11) is 1.58. The maximum absolute atomic E-state index is 12.1. The number of aromatic nitrogens is 1. The van der Waals surface area contributed by atoms with Crippen molar-refractivity contribution in [3.05, 3.63) is 16.1 Å². The summed E-state index contributed by atoms with van der Waals surface area (Å²) >= 11 is 1.11.